The molecule has 0 atom stereocenters. The van der Waals surface area contributed by atoms with Crippen LogP contribution in [0.2, 0.25) is 20.1 Å². The fraction of sp³-hybridized carbons (Fsp3) is 0.0435. The van der Waals surface area contributed by atoms with E-state index in [1.54, 1.807) is 0 Å². The number of carboxylic acid groups (broad SMARTS) is 3. The van der Waals surface area contributed by atoms with Crippen molar-refractivity contribution in [1.82, 2.24) is 5.06 Å². The van der Waals surface area contributed by atoms with E-state index >= 15 is 0 Å². The van der Waals surface area contributed by atoms with E-state index in [2.05, 4.69) is 0 Å². The molecule has 3 heterocycles. The van der Waals surface area contributed by atoms with Gasteiger partial charge in [-0.3, -0.25) is 25.0 Å². The maximum absolute atomic E-state index is 13.0. The second-order valence-corrected chi connectivity index (χ2v) is 23.9. The first-order valence-corrected chi connectivity index (χ1v) is 28.9. The van der Waals surface area contributed by atoms with Crippen LogP contribution in [0, 0.1) is 5.41 Å². The first-order valence-electron chi connectivity index (χ1n) is 21.8. The molecule has 4 aromatic rings. The Hall–Kier alpha value is -8.32. The zero-order valence-corrected chi connectivity index (χ0v) is 46.3. The van der Waals surface area contributed by atoms with Crippen molar-refractivity contribution < 1.29 is 115 Å². The molecule has 4 aromatic carbocycles. The number of nitrogen functional groups attached to an aromatic ring is 2. The molecule has 3 aliphatic heterocycles. The minimum absolute atomic E-state index is 0.178. The van der Waals surface area contributed by atoms with Gasteiger partial charge in [-0.1, -0.05) is 46.4 Å². The summed E-state index contributed by atoms with van der Waals surface area (Å²) in [6.45, 7) is 0. The minimum Gasteiger partial charge on any atom is -0.744 e. The molecule has 1 fully saturated rings. The lowest BCUT2D eigenvalue weighted by Gasteiger charge is -2.23. The molecule has 29 nitrogen and oxygen atoms in total. The van der Waals surface area contributed by atoms with Crippen LogP contribution >= 0.6 is 46.4 Å². The smallest absolute Gasteiger partial charge is 0.365 e. The lowest BCUT2D eigenvalue weighted by atomic mass is 9.89. The molecule has 2 aliphatic carbocycles. The van der Waals surface area contributed by atoms with Gasteiger partial charge < -0.3 is 54.1 Å². The highest BCUT2D eigenvalue weighted by Crippen LogP contribution is 2.51. The molecule has 1 saturated heterocycles. The normalized spacial score (nSPS) is 13.2. The summed E-state index contributed by atoms with van der Waals surface area (Å²) in [6.07, 6.45) is -0.498. The van der Waals surface area contributed by atoms with Gasteiger partial charge in [-0.2, -0.15) is 8.42 Å². The van der Waals surface area contributed by atoms with Crippen LogP contribution in [0.25, 0.3) is 66.8 Å². The summed E-state index contributed by atoms with van der Waals surface area (Å²) >= 11 is 25.3. The number of carboxylic acids is 3. The van der Waals surface area contributed by atoms with E-state index in [9.17, 15) is 96.0 Å². The first-order chi connectivity index (χ1) is 38.3. The number of aromatic carboxylic acids is 3. The van der Waals surface area contributed by atoms with Crippen molar-refractivity contribution >= 4 is 156 Å². The van der Waals surface area contributed by atoms with Gasteiger partial charge in [0.15, 0.2) is 22.7 Å². The number of carbonyl (C=O) groups is 6. The van der Waals surface area contributed by atoms with Crippen molar-refractivity contribution in [3.8, 4) is 44.9 Å². The van der Waals surface area contributed by atoms with E-state index in [0.29, 0.717) is 0 Å². The van der Waals surface area contributed by atoms with E-state index < -0.39 is 205 Å². The van der Waals surface area contributed by atoms with Crippen LogP contribution in [0.1, 0.15) is 54.3 Å². The summed E-state index contributed by atoms with van der Waals surface area (Å²) in [5.41, 5.74) is 2.51. The zero-order chi connectivity index (χ0) is 61.8. The molecule has 83 heavy (non-hydrogen) atoms. The van der Waals surface area contributed by atoms with Crippen LogP contribution in [-0.2, 0) is 54.9 Å². The number of hydrogen-bond acceptors (Lipinski definition) is 23. The molecule has 9 rings (SSSR count). The summed E-state index contributed by atoms with van der Waals surface area (Å²) in [6, 6.07) is 9.74. The van der Waals surface area contributed by atoms with Crippen molar-refractivity contribution in [3.63, 3.8) is 0 Å². The van der Waals surface area contributed by atoms with Gasteiger partial charge in [-0.05, 0) is 54.6 Å². The highest BCUT2D eigenvalue weighted by Gasteiger charge is 2.38. The summed E-state index contributed by atoms with van der Waals surface area (Å²) in [5, 5.41) is 38.5. The molecular weight excluding hydrogens is 1280 g/mol. The number of anilines is 2. The lowest BCUT2D eigenvalue weighted by molar-refractivity contribution is -0.176. The minimum atomic E-state index is -5.49. The number of imide groups is 1. The summed E-state index contributed by atoms with van der Waals surface area (Å²) < 4.78 is 155. The van der Waals surface area contributed by atoms with Crippen molar-refractivity contribution in [1.29, 1.82) is 5.41 Å². The third-order valence-electron chi connectivity index (χ3n) is 12.0. The Kier molecular flexibility index (Phi) is 15.5. The van der Waals surface area contributed by atoms with E-state index in [-0.39, 0.29) is 39.8 Å². The third-order valence-corrected chi connectivity index (χ3v) is 17.1. The molecular formula is C46H25Cl4N5O24S4-2. The van der Waals surface area contributed by atoms with Crippen molar-refractivity contribution in [2.75, 3.05) is 11.5 Å². The zero-order valence-electron chi connectivity index (χ0n) is 40.0. The number of amides is 2. The molecule has 0 spiro atoms. The average Bonchev–Trinajstić information content (AvgIpc) is 1.22. The predicted molar refractivity (Wildman–Crippen MR) is 277 cm³/mol. The Morgan fingerprint density at radius 1 is 0.590 bits per heavy atom. The molecule has 0 bridgehead atoms. The molecule has 2 amide bonds. The number of hydroxylamine groups is 2. The van der Waals surface area contributed by atoms with E-state index in [1.807, 2.05) is 0 Å². The van der Waals surface area contributed by atoms with Crippen LogP contribution in [0.3, 0.4) is 0 Å². The van der Waals surface area contributed by atoms with E-state index in [1.165, 1.54) is 0 Å². The maximum Gasteiger partial charge on any atom is 0.365 e. The second kappa shape index (κ2) is 21.1. The Morgan fingerprint density at radius 2 is 0.988 bits per heavy atom. The van der Waals surface area contributed by atoms with Gasteiger partial charge in [0.2, 0.25) is 10.3 Å². The maximum atomic E-state index is 13.0. The summed E-state index contributed by atoms with van der Waals surface area (Å²) in [7, 11) is -21.7. The Balaban J connectivity index is 0.000000220. The molecule has 37 heteroatoms. The molecule has 0 aromatic heterocycles. The number of nitrogens with one attached hydrogen (secondary N) is 1. The number of carbonyl (C=O) groups excluding carboxylic acids is 3. The number of fused-ring (bicyclic) bond motifs is 4. The second-order valence-electron chi connectivity index (χ2n) is 17.0. The van der Waals surface area contributed by atoms with Crippen LogP contribution < -0.4 is 27.6 Å². The van der Waals surface area contributed by atoms with Crippen LogP contribution in [-0.4, -0.2) is 108 Å². The standard InChI is InChI=1S/C25H15Cl2N3O13S2.C21H12Cl2N2O11S2/c26-11-7-10(25(35)43-30-14(31)5-6-15(30)32)19(27)18(24(33)34)17(11)16-8-1-3-12(28)22(44(36,37)38)20(8)42-21-9(16)2-4-13(29)23(21)45(39,40)41;22-9-5-8(20(26)27)15(23)14(21(28)29)13(9)12-6-1-3-10(24)18(37(30,31)32)16(6)36-17-7(12)2-4-11(25)19(17)38(33,34)35/h1-4,7,28H,5-6,29H2,(H,33,34)(H,36,37,38)(H,39,40,41);1-5,24H,25H2,(H,26,27)(H,28,29)(H,30,31,32)(H,33,34,35)/p-2. The fourth-order valence-electron chi connectivity index (χ4n) is 8.79. The quantitative estimate of drug-likeness (QED) is 0.0397. The predicted octanol–water partition coefficient (Wildman–Crippen LogP) is 3.60. The van der Waals surface area contributed by atoms with Gasteiger partial charge >= 0.3 is 34.0 Å². The molecule has 0 saturated carbocycles. The number of benzene rings is 6. The van der Waals surface area contributed by atoms with Crippen molar-refractivity contribution in [2.24, 2.45) is 0 Å². The third kappa shape index (κ3) is 10.6. The number of nitrogens with zero attached hydrogens (tertiary/aromatic N) is 1. The highest BCUT2D eigenvalue weighted by atomic mass is 35.5. The topological polar surface area (TPSA) is 529 Å². The van der Waals surface area contributed by atoms with Crippen molar-refractivity contribution in [3.05, 3.63) is 114 Å². The van der Waals surface area contributed by atoms with Gasteiger partial charge in [-0.15, -0.1) is 5.06 Å². The van der Waals surface area contributed by atoms with Gasteiger partial charge in [0.25, 0.3) is 11.8 Å². The Labute approximate surface area is 481 Å². The van der Waals surface area contributed by atoms with Gasteiger partial charge in [0.1, 0.15) is 45.0 Å². The molecule has 0 unspecified atom stereocenters. The van der Waals surface area contributed by atoms with E-state index in [0.717, 1.165) is 60.7 Å². The molecule has 11 N–H and O–H groups in total. The molecule has 5 aliphatic rings. The number of halogens is 4. The number of rotatable bonds is 11. The lowest BCUT2D eigenvalue weighted by Crippen LogP contribution is -2.47. The van der Waals surface area contributed by atoms with Crippen LogP contribution in [0.4, 0.5) is 11.4 Å². The number of hydrogen-bond donors (Lipinski definition) is 8. The Bertz CT molecular complexity index is 4880. The summed E-state index contributed by atoms with van der Waals surface area (Å²) in [5.74, 6) is -10.2. The molecule has 0 radical (unpaired) electrons. The number of nitrogens with two attached hydrogens (primary N) is 3. The highest BCUT2D eigenvalue weighted by molar-refractivity contribution is 7.86. The van der Waals surface area contributed by atoms with Gasteiger partial charge in [0.05, 0.1) is 59.1 Å². The monoisotopic (exact) mass is 1300 g/mol. The van der Waals surface area contributed by atoms with Crippen LogP contribution in [0.15, 0.2) is 89.1 Å². The van der Waals surface area contributed by atoms with Crippen molar-refractivity contribution in [2.45, 2.75) is 32.4 Å². The van der Waals surface area contributed by atoms with Gasteiger partial charge in [0, 0.05) is 63.1 Å². The van der Waals surface area contributed by atoms with Crippen LogP contribution in [0.5, 0.6) is 0 Å². The fourth-order valence-corrected chi connectivity index (χ4v) is 12.9. The summed E-state index contributed by atoms with van der Waals surface area (Å²) in [4.78, 5) is 73.5. The van der Waals surface area contributed by atoms with Gasteiger partial charge in [-0.25, -0.2) is 44.4 Å². The average molecular weight is 1300 g/mol. The van der Waals surface area contributed by atoms with E-state index in [4.69, 9.17) is 82.4 Å². The first kappa shape index (κ1) is 60.8. The molecule has 432 valence electrons. The largest absolute Gasteiger partial charge is 0.744 e. The SMILES string of the molecule is N=c1ccc2c(-c3c(Cl)cc(C(=O)O)c(Cl)c3C(=O)O)c3ccc(N)c(S(=O)(=O)[O-])c3oc-2c1S(=O)(=O)[O-].Nc1ccc2c(-c3c(Cl)cc(C(=O)ON4C(=O)CCC4=O)c(Cl)c3C(=O)O)c3ccc(=[NH2+])c(S(=O)(=O)O)c-3oc2c1S(=O)(=O)[O-]. The Morgan fingerprint density at radius 3 is 1.39 bits per heavy atom.